The van der Waals surface area contributed by atoms with Crippen molar-refractivity contribution in [3.05, 3.63) is 17.5 Å². The topological polar surface area (TPSA) is 53.1 Å². The lowest BCUT2D eigenvalue weighted by molar-refractivity contribution is 0.118. The Labute approximate surface area is 96.8 Å². The lowest BCUT2D eigenvalue weighted by atomic mass is 9.94. The Bertz CT molecular complexity index is 361. The van der Waals surface area contributed by atoms with E-state index in [-0.39, 0.29) is 6.04 Å². The summed E-state index contributed by atoms with van der Waals surface area (Å²) in [5, 5.41) is 4.34. The summed E-state index contributed by atoms with van der Waals surface area (Å²) in [7, 11) is 1.98. The van der Waals surface area contributed by atoms with Crippen molar-refractivity contribution in [2.24, 2.45) is 18.7 Å². The van der Waals surface area contributed by atoms with Gasteiger partial charge in [0.2, 0.25) is 0 Å². The Morgan fingerprint density at radius 1 is 1.69 bits per heavy atom. The molecule has 3 unspecified atom stereocenters. The van der Waals surface area contributed by atoms with E-state index in [9.17, 15) is 0 Å². The summed E-state index contributed by atoms with van der Waals surface area (Å²) in [6.07, 6.45) is 2.33. The lowest BCUT2D eigenvalue weighted by Gasteiger charge is -2.17. The quantitative estimate of drug-likeness (QED) is 0.832. The molecule has 1 fully saturated rings. The van der Waals surface area contributed by atoms with Crippen LogP contribution in [-0.4, -0.2) is 28.5 Å². The number of nitrogens with two attached hydrogens (primary N) is 1. The molecule has 0 aliphatic carbocycles. The molecule has 3 atom stereocenters. The van der Waals surface area contributed by atoms with Gasteiger partial charge in [0.15, 0.2) is 0 Å². The van der Waals surface area contributed by atoms with E-state index in [4.69, 9.17) is 10.5 Å². The molecule has 1 aromatic heterocycles. The van der Waals surface area contributed by atoms with Crippen LogP contribution in [0.25, 0.3) is 0 Å². The zero-order valence-electron chi connectivity index (χ0n) is 10.3. The molecule has 2 N–H and O–H groups in total. The maximum atomic E-state index is 6.23. The number of nitrogens with zero attached hydrogens (tertiary/aromatic N) is 2. The van der Waals surface area contributed by atoms with Gasteiger partial charge in [-0.3, -0.25) is 4.68 Å². The van der Waals surface area contributed by atoms with Crippen molar-refractivity contribution in [1.29, 1.82) is 0 Å². The maximum absolute atomic E-state index is 6.23. The van der Waals surface area contributed by atoms with Crippen LogP contribution in [-0.2, 0) is 18.2 Å². The Balaban J connectivity index is 1.96. The van der Waals surface area contributed by atoms with Crippen molar-refractivity contribution in [3.8, 4) is 0 Å². The molecule has 90 valence electrons. The number of aryl methyl sites for hydroxylation is 2. The highest BCUT2D eigenvalue weighted by molar-refractivity contribution is 5.10. The zero-order valence-corrected chi connectivity index (χ0v) is 10.3. The van der Waals surface area contributed by atoms with Crippen LogP contribution in [0.2, 0.25) is 0 Å². The van der Waals surface area contributed by atoms with Gasteiger partial charge in [-0.15, -0.1) is 0 Å². The van der Waals surface area contributed by atoms with Crippen molar-refractivity contribution in [3.63, 3.8) is 0 Å². The minimum absolute atomic E-state index is 0.180. The summed E-state index contributed by atoms with van der Waals surface area (Å²) in [6.45, 7) is 4.93. The molecule has 1 aromatic rings. The number of hydrogen-bond acceptors (Lipinski definition) is 3. The molecule has 0 amide bonds. The molecule has 0 spiro atoms. The van der Waals surface area contributed by atoms with Gasteiger partial charge < -0.3 is 10.5 Å². The van der Waals surface area contributed by atoms with E-state index in [0.717, 1.165) is 25.1 Å². The number of hydrogen-bond donors (Lipinski definition) is 1. The first-order valence-corrected chi connectivity index (χ1v) is 5.93. The Hall–Kier alpha value is -0.870. The second-order valence-corrected chi connectivity index (χ2v) is 4.91. The van der Waals surface area contributed by atoms with Crippen molar-refractivity contribution in [1.82, 2.24) is 9.78 Å². The Kier molecular flexibility index (Phi) is 3.30. The van der Waals surface area contributed by atoms with Crippen molar-refractivity contribution in [2.75, 3.05) is 6.61 Å². The smallest absolute Gasteiger partial charge is 0.0596 e. The molecule has 0 bridgehead atoms. The zero-order chi connectivity index (χ0) is 11.7. The van der Waals surface area contributed by atoms with Crippen molar-refractivity contribution >= 4 is 0 Å². The Morgan fingerprint density at radius 3 is 2.94 bits per heavy atom. The molecule has 0 aromatic carbocycles. The van der Waals surface area contributed by atoms with Crippen molar-refractivity contribution in [2.45, 2.75) is 38.8 Å². The molecule has 2 rings (SSSR count). The lowest BCUT2D eigenvalue weighted by Crippen LogP contribution is -2.33. The van der Waals surface area contributed by atoms with Gasteiger partial charge >= 0.3 is 0 Å². The maximum Gasteiger partial charge on any atom is 0.0596 e. The predicted molar refractivity (Wildman–Crippen MR) is 63.1 cm³/mol. The van der Waals surface area contributed by atoms with E-state index in [2.05, 4.69) is 18.1 Å². The van der Waals surface area contributed by atoms with E-state index in [0.29, 0.717) is 12.0 Å². The van der Waals surface area contributed by atoms with Gasteiger partial charge in [0.1, 0.15) is 0 Å². The van der Waals surface area contributed by atoms with Crippen LogP contribution in [0.3, 0.4) is 0 Å². The first-order valence-electron chi connectivity index (χ1n) is 5.93. The monoisotopic (exact) mass is 223 g/mol. The summed E-state index contributed by atoms with van der Waals surface area (Å²) in [4.78, 5) is 0. The van der Waals surface area contributed by atoms with E-state index in [1.807, 2.05) is 18.7 Å². The molecule has 4 heteroatoms. The highest BCUT2D eigenvalue weighted by Gasteiger charge is 2.27. The average molecular weight is 223 g/mol. The highest BCUT2D eigenvalue weighted by Crippen LogP contribution is 2.23. The van der Waals surface area contributed by atoms with Crippen LogP contribution in [0, 0.1) is 12.8 Å². The van der Waals surface area contributed by atoms with Crippen LogP contribution in [0.4, 0.5) is 0 Å². The molecule has 4 nitrogen and oxygen atoms in total. The third-order valence-electron chi connectivity index (χ3n) is 3.38. The second kappa shape index (κ2) is 4.55. The van der Waals surface area contributed by atoms with E-state index >= 15 is 0 Å². The fourth-order valence-electron chi connectivity index (χ4n) is 2.41. The van der Waals surface area contributed by atoms with Crippen LogP contribution >= 0.6 is 0 Å². The minimum Gasteiger partial charge on any atom is -0.378 e. The number of aromatic nitrogens is 2. The summed E-state index contributed by atoms with van der Waals surface area (Å²) in [5.74, 6) is 0.491. The molecule has 0 radical (unpaired) electrons. The first-order chi connectivity index (χ1) is 7.56. The summed E-state index contributed by atoms with van der Waals surface area (Å²) < 4.78 is 7.48. The van der Waals surface area contributed by atoms with Gasteiger partial charge in [-0.2, -0.15) is 5.10 Å². The average Bonchev–Trinajstić information content (AvgIpc) is 2.74. The van der Waals surface area contributed by atoms with E-state index in [1.54, 1.807) is 0 Å². The van der Waals surface area contributed by atoms with Gasteiger partial charge in [0.05, 0.1) is 18.4 Å². The second-order valence-electron chi connectivity index (χ2n) is 4.91. The molecule has 16 heavy (non-hydrogen) atoms. The largest absolute Gasteiger partial charge is 0.378 e. The molecular formula is C12H21N3O. The standard InChI is InChI=1S/C12H21N3O/c1-8-4-11(15(3)14-8)6-12(13)10-5-9(2)16-7-10/h4,9-10,12H,5-7,13H2,1-3H3. The molecule has 1 saturated heterocycles. The summed E-state index contributed by atoms with van der Waals surface area (Å²) >= 11 is 0. The fraction of sp³-hybridized carbons (Fsp3) is 0.750. The van der Waals surface area contributed by atoms with Gasteiger partial charge in [-0.25, -0.2) is 0 Å². The van der Waals surface area contributed by atoms with Gasteiger partial charge in [0, 0.05) is 31.1 Å². The molecule has 0 saturated carbocycles. The van der Waals surface area contributed by atoms with E-state index < -0.39 is 0 Å². The highest BCUT2D eigenvalue weighted by atomic mass is 16.5. The molecule has 1 aliphatic rings. The molecule has 2 heterocycles. The Morgan fingerprint density at radius 2 is 2.44 bits per heavy atom. The normalized spacial score (nSPS) is 27.2. The minimum atomic E-state index is 0.180. The number of rotatable bonds is 3. The van der Waals surface area contributed by atoms with Gasteiger partial charge in [0.25, 0.3) is 0 Å². The fourth-order valence-corrected chi connectivity index (χ4v) is 2.41. The van der Waals surface area contributed by atoms with Gasteiger partial charge in [-0.1, -0.05) is 0 Å². The summed E-state index contributed by atoms with van der Waals surface area (Å²) in [5.41, 5.74) is 8.50. The van der Waals surface area contributed by atoms with Crippen LogP contribution in [0.5, 0.6) is 0 Å². The molecular weight excluding hydrogens is 202 g/mol. The predicted octanol–water partition coefficient (Wildman–Crippen LogP) is 1.02. The van der Waals surface area contributed by atoms with Crippen molar-refractivity contribution < 1.29 is 4.74 Å². The van der Waals surface area contributed by atoms with Crippen LogP contribution in [0.1, 0.15) is 24.7 Å². The van der Waals surface area contributed by atoms with Gasteiger partial charge in [-0.05, 0) is 26.3 Å². The van der Waals surface area contributed by atoms with Crippen LogP contribution in [0.15, 0.2) is 6.07 Å². The number of ether oxygens (including phenoxy) is 1. The SMILES string of the molecule is Cc1cc(CC(N)C2COC(C)C2)n(C)n1. The molecule has 1 aliphatic heterocycles. The summed E-state index contributed by atoms with van der Waals surface area (Å²) in [6, 6.07) is 2.29. The third kappa shape index (κ3) is 2.44. The first kappa shape index (κ1) is 11.6. The third-order valence-corrected chi connectivity index (χ3v) is 3.38. The van der Waals surface area contributed by atoms with Crippen LogP contribution < -0.4 is 5.73 Å². The van der Waals surface area contributed by atoms with E-state index in [1.165, 1.54) is 5.69 Å².